The molecule has 0 amide bonds. The number of piperazine rings is 1. The molecule has 2 heterocycles. The predicted molar refractivity (Wildman–Crippen MR) is 82.5 cm³/mol. The molecular formula is C17H27N3. The second kappa shape index (κ2) is 6.68. The van der Waals surface area contributed by atoms with Crippen molar-refractivity contribution < 1.29 is 0 Å². The van der Waals surface area contributed by atoms with Crippen LogP contribution in [0, 0.1) is 5.92 Å². The van der Waals surface area contributed by atoms with Crippen LogP contribution >= 0.6 is 0 Å². The number of pyridine rings is 1. The smallest absolute Gasteiger partial charge is 0.0271 e. The molecule has 0 spiro atoms. The second-order valence-electron chi connectivity index (χ2n) is 6.50. The zero-order valence-electron chi connectivity index (χ0n) is 12.7. The molecule has 0 unspecified atom stereocenters. The molecule has 2 aliphatic rings. The normalized spacial score (nSPS) is 29.4. The summed E-state index contributed by atoms with van der Waals surface area (Å²) in [6.07, 6.45) is 9.53. The van der Waals surface area contributed by atoms with Crippen molar-refractivity contribution in [1.82, 2.24) is 14.8 Å². The zero-order chi connectivity index (χ0) is 13.8. The number of rotatable bonds is 3. The molecule has 3 rings (SSSR count). The highest BCUT2D eigenvalue weighted by Gasteiger charge is 2.29. The summed E-state index contributed by atoms with van der Waals surface area (Å²) in [4.78, 5) is 9.43. The molecule has 1 aromatic heterocycles. The number of nitrogens with zero attached hydrogens (tertiary/aromatic N) is 3. The van der Waals surface area contributed by atoms with Crippen LogP contribution < -0.4 is 0 Å². The highest BCUT2D eigenvalue weighted by atomic mass is 15.3. The van der Waals surface area contributed by atoms with Crippen LogP contribution in [0.4, 0.5) is 0 Å². The Morgan fingerprint density at radius 3 is 2.45 bits per heavy atom. The largest absolute Gasteiger partial charge is 0.298 e. The molecule has 1 aliphatic carbocycles. The summed E-state index contributed by atoms with van der Waals surface area (Å²) < 4.78 is 0. The third-order valence-electron chi connectivity index (χ3n) is 5.10. The van der Waals surface area contributed by atoms with E-state index in [1.54, 1.807) is 0 Å². The van der Waals surface area contributed by atoms with Crippen LogP contribution in [0.1, 0.15) is 38.2 Å². The number of hydrogen-bond donors (Lipinski definition) is 0. The van der Waals surface area contributed by atoms with Gasteiger partial charge in [-0.25, -0.2) is 0 Å². The summed E-state index contributed by atoms with van der Waals surface area (Å²) in [5.41, 5.74) is 1.39. The van der Waals surface area contributed by atoms with Gasteiger partial charge in [0.2, 0.25) is 0 Å². The van der Waals surface area contributed by atoms with E-state index < -0.39 is 0 Å². The average molecular weight is 273 g/mol. The highest BCUT2D eigenvalue weighted by Crippen LogP contribution is 2.28. The minimum Gasteiger partial charge on any atom is -0.298 e. The van der Waals surface area contributed by atoms with Gasteiger partial charge in [-0.1, -0.05) is 19.8 Å². The Kier molecular flexibility index (Phi) is 4.69. The molecule has 110 valence electrons. The SMILES string of the molecule is C[C@@H]1CCCC[C@@H]1N1CCN(Cc2ccncc2)CC1. The van der Waals surface area contributed by atoms with Gasteiger partial charge in [0, 0.05) is 51.2 Å². The van der Waals surface area contributed by atoms with Crippen molar-refractivity contribution in [2.45, 2.75) is 45.2 Å². The van der Waals surface area contributed by atoms with Gasteiger partial charge in [0.25, 0.3) is 0 Å². The molecule has 1 saturated heterocycles. The van der Waals surface area contributed by atoms with Gasteiger partial charge in [-0.3, -0.25) is 14.8 Å². The summed E-state index contributed by atoms with van der Waals surface area (Å²) in [6.45, 7) is 8.46. The van der Waals surface area contributed by atoms with Gasteiger partial charge in [-0.05, 0) is 36.5 Å². The lowest BCUT2D eigenvalue weighted by Crippen LogP contribution is -2.52. The van der Waals surface area contributed by atoms with Gasteiger partial charge in [-0.15, -0.1) is 0 Å². The van der Waals surface area contributed by atoms with Crippen LogP contribution in [0.25, 0.3) is 0 Å². The summed E-state index contributed by atoms with van der Waals surface area (Å²) in [5, 5.41) is 0. The van der Waals surface area contributed by atoms with Crippen molar-refractivity contribution in [1.29, 1.82) is 0 Å². The molecule has 1 saturated carbocycles. The van der Waals surface area contributed by atoms with Crippen LogP contribution in [0.5, 0.6) is 0 Å². The van der Waals surface area contributed by atoms with Gasteiger partial charge >= 0.3 is 0 Å². The highest BCUT2D eigenvalue weighted by molar-refractivity contribution is 5.09. The van der Waals surface area contributed by atoms with Gasteiger partial charge in [-0.2, -0.15) is 0 Å². The molecule has 2 atom stereocenters. The lowest BCUT2D eigenvalue weighted by atomic mass is 9.84. The van der Waals surface area contributed by atoms with Gasteiger partial charge < -0.3 is 0 Å². The van der Waals surface area contributed by atoms with Crippen LogP contribution in [-0.2, 0) is 6.54 Å². The fourth-order valence-electron chi connectivity index (χ4n) is 3.84. The zero-order valence-corrected chi connectivity index (χ0v) is 12.7. The van der Waals surface area contributed by atoms with E-state index in [0.29, 0.717) is 0 Å². The molecule has 1 aromatic rings. The molecule has 0 bridgehead atoms. The standard InChI is InChI=1S/C17H27N3/c1-15-4-2-3-5-17(15)20-12-10-19(11-13-20)14-16-6-8-18-9-7-16/h6-9,15,17H,2-5,10-14H2,1H3/t15-,17+/m1/s1. The van der Waals surface area contributed by atoms with Crippen molar-refractivity contribution in [3.8, 4) is 0 Å². The van der Waals surface area contributed by atoms with Gasteiger partial charge in [0.15, 0.2) is 0 Å². The minimum absolute atomic E-state index is 0.854. The molecular weight excluding hydrogens is 246 g/mol. The first-order chi connectivity index (χ1) is 9.83. The van der Waals surface area contributed by atoms with Crippen molar-refractivity contribution in [3.05, 3.63) is 30.1 Å². The molecule has 3 heteroatoms. The van der Waals surface area contributed by atoms with E-state index in [9.17, 15) is 0 Å². The summed E-state index contributed by atoms with van der Waals surface area (Å²) in [5.74, 6) is 0.899. The van der Waals surface area contributed by atoms with E-state index in [2.05, 4.69) is 33.8 Å². The molecule has 0 N–H and O–H groups in total. The Balaban J connectivity index is 1.49. The quantitative estimate of drug-likeness (QED) is 0.844. The molecule has 20 heavy (non-hydrogen) atoms. The molecule has 3 nitrogen and oxygen atoms in total. The third kappa shape index (κ3) is 3.39. The second-order valence-corrected chi connectivity index (χ2v) is 6.50. The van der Waals surface area contributed by atoms with Crippen LogP contribution in [-0.4, -0.2) is 47.0 Å². The van der Waals surface area contributed by atoms with Crippen LogP contribution in [0.15, 0.2) is 24.5 Å². The Bertz CT molecular complexity index is 398. The fraction of sp³-hybridized carbons (Fsp3) is 0.706. The fourth-order valence-corrected chi connectivity index (χ4v) is 3.84. The van der Waals surface area contributed by atoms with Gasteiger partial charge in [0.05, 0.1) is 0 Å². The third-order valence-corrected chi connectivity index (χ3v) is 5.10. The maximum Gasteiger partial charge on any atom is 0.0271 e. The Labute approximate surface area is 123 Å². The van der Waals surface area contributed by atoms with E-state index in [1.807, 2.05) is 12.4 Å². The lowest BCUT2D eigenvalue weighted by molar-refractivity contribution is 0.0518. The minimum atomic E-state index is 0.854. The Morgan fingerprint density at radius 2 is 1.75 bits per heavy atom. The Morgan fingerprint density at radius 1 is 1.05 bits per heavy atom. The molecule has 0 aromatic carbocycles. The first-order valence-corrected chi connectivity index (χ1v) is 8.18. The van der Waals surface area contributed by atoms with Crippen LogP contribution in [0.2, 0.25) is 0 Å². The first-order valence-electron chi connectivity index (χ1n) is 8.18. The lowest BCUT2D eigenvalue weighted by Gasteiger charge is -2.43. The van der Waals surface area contributed by atoms with Crippen molar-refractivity contribution in [2.24, 2.45) is 5.92 Å². The van der Waals surface area contributed by atoms with E-state index in [0.717, 1.165) is 18.5 Å². The molecule has 2 fully saturated rings. The van der Waals surface area contributed by atoms with E-state index in [-0.39, 0.29) is 0 Å². The monoisotopic (exact) mass is 273 g/mol. The van der Waals surface area contributed by atoms with Gasteiger partial charge in [0.1, 0.15) is 0 Å². The summed E-state index contributed by atoms with van der Waals surface area (Å²) >= 11 is 0. The summed E-state index contributed by atoms with van der Waals surface area (Å²) in [7, 11) is 0. The number of hydrogen-bond acceptors (Lipinski definition) is 3. The van der Waals surface area contributed by atoms with Crippen molar-refractivity contribution >= 4 is 0 Å². The van der Waals surface area contributed by atoms with E-state index >= 15 is 0 Å². The molecule has 1 aliphatic heterocycles. The Hall–Kier alpha value is -0.930. The molecule has 0 radical (unpaired) electrons. The predicted octanol–water partition coefficient (Wildman–Crippen LogP) is 2.78. The average Bonchev–Trinajstić information content (AvgIpc) is 2.50. The maximum atomic E-state index is 4.09. The van der Waals surface area contributed by atoms with Crippen molar-refractivity contribution in [3.63, 3.8) is 0 Å². The first kappa shape index (κ1) is 14.0. The summed E-state index contributed by atoms with van der Waals surface area (Å²) in [6, 6.07) is 5.12. The van der Waals surface area contributed by atoms with E-state index in [1.165, 1.54) is 57.4 Å². The van der Waals surface area contributed by atoms with E-state index in [4.69, 9.17) is 0 Å². The van der Waals surface area contributed by atoms with Crippen molar-refractivity contribution in [2.75, 3.05) is 26.2 Å². The van der Waals surface area contributed by atoms with Crippen LogP contribution in [0.3, 0.4) is 0 Å². The number of aromatic nitrogens is 1. The maximum absolute atomic E-state index is 4.09. The topological polar surface area (TPSA) is 19.4 Å².